The molecule has 0 heterocycles. The third-order valence-corrected chi connectivity index (χ3v) is 2.22. The lowest BCUT2D eigenvalue weighted by Gasteiger charge is -2.18. The first-order valence-electron chi connectivity index (χ1n) is 4.55. The Bertz CT molecular complexity index is 233. The van der Waals surface area contributed by atoms with Crippen LogP contribution in [0, 0.1) is 5.41 Å². The van der Waals surface area contributed by atoms with Crippen molar-refractivity contribution in [1.29, 1.82) is 0 Å². The lowest BCUT2D eigenvalue weighted by atomic mass is 9.87. The molecule has 0 atom stereocenters. The molecule has 0 aromatic carbocycles. The van der Waals surface area contributed by atoms with E-state index >= 15 is 0 Å². The van der Waals surface area contributed by atoms with Crippen LogP contribution in [0.15, 0.2) is 36.0 Å². The molecule has 0 N–H and O–H groups in total. The van der Waals surface area contributed by atoms with Gasteiger partial charge in [-0.05, 0) is 23.8 Å². The fourth-order valence-corrected chi connectivity index (χ4v) is 1.43. The van der Waals surface area contributed by atoms with Crippen LogP contribution in [0.25, 0.3) is 0 Å². The van der Waals surface area contributed by atoms with Crippen molar-refractivity contribution in [2.45, 2.75) is 33.6 Å². The van der Waals surface area contributed by atoms with E-state index in [4.69, 9.17) is 0 Å². The predicted octanol–water partition coefficient (Wildman–Crippen LogP) is 3.87. The largest absolute Gasteiger partial charge is 0.103 e. The van der Waals surface area contributed by atoms with Crippen LogP contribution in [0.3, 0.4) is 0 Å². The van der Waals surface area contributed by atoms with Gasteiger partial charge in [-0.2, -0.15) is 0 Å². The standard InChI is InChI=1S/C12H18/c1-5-6-10-7-8-11(9-10)12(2,3)4/h5,8-9H,1,6-7H2,2-4H3. The van der Waals surface area contributed by atoms with Crippen LogP contribution in [0.2, 0.25) is 0 Å². The van der Waals surface area contributed by atoms with Crippen LogP contribution in [-0.4, -0.2) is 0 Å². The molecule has 1 rings (SSSR count). The molecule has 0 saturated carbocycles. The zero-order valence-electron chi connectivity index (χ0n) is 8.35. The Morgan fingerprint density at radius 3 is 2.58 bits per heavy atom. The highest BCUT2D eigenvalue weighted by atomic mass is 14.2. The molecule has 0 bridgehead atoms. The fraction of sp³-hybridized carbons (Fsp3) is 0.500. The number of rotatable bonds is 2. The summed E-state index contributed by atoms with van der Waals surface area (Å²) in [5, 5.41) is 0. The highest BCUT2D eigenvalue weighted by Gasteiger charge is 2.18. The lowest BCUT2D eigenvalue weighted by molar-refractivity contribution is 0.517. The lowest BCUT2D eigenvalue weighted by Crippen LogP contribution is -2.05. The van der Waals surface area contributed by atoms with E-state index in [0.717, 1.165) is 12.8 Å². The summed E-state index contributed by atoms with van der Waals surface area (Å²) in [5.74, 6) is 0. The first-order valence-corrected chi connectivity index (χ1v) is 4.55. The Morgan fingerprint density at radius 2 is 2.17 bits per heavy atom. The number of hydrogen-bond donors (Lipinski definition) is 0. The van der Waals surface area contributed by atoms with Crippen LogP contribution in [-0.2, 0) is 0 Å². The third-order valence-electron chi connectivity index (χ3n) is 2.22. The summed E-state index contributed by atoms with van der Waals surface area (Å²) in [4.78, 5) is 0. The van der Waals surface area contributed by atoms with Gasteiger partial charge in [0, 0.05) is 0 Å². The van der Waals surface area contributed by atoms with Crippen molar-refractivity contribution in [2.75, 3.05) is 0 Å². The van der Waals surface area contributed by atoms with Crippen molar-refractivity contribution < 1.29 is 0 Å². The van der Waals surface area contributed by atoms with E-state index in [2.05, 4.69) is 39.5 Å². The maximum absolute atomic E-state index is 3.75. The molecule has 1 aliphatic carbocycles. The summed E-state index contributed by atoms with van der Waals surface area (Å²) < 4.78 is 0. The van der Waals surface area contributed by atoms with Crippen molar-refractivity contribution >= 4 is 0 Å². The zero-order chi connectivity index (χ0) is 9.19. The van der Waals surface area contributed by atoms with Crippen LogP contribution >= 0.6 is 0 Å². The van der Waals surface area contributed by atoms with Gasteiger partial charge in [-0.15, -0.1) is 6.58 Å². The molecule has 0 unspecified atom stereocenters. The smallest absolute Gasteiger partial charge is 0.0126 e. The molecule has 0 heteroatoms. The van der Waals surface area contributed by atoms with Gasteiger partial charge in [0.25, 0.3) is 0 Å². The molecule has 0 radical (unpaired) electrons. The number of hydrogen-bond acceptors (Lipinski definition) is 0. The second kappa shape index (κ2) is 3.30. The van der Waals surface area contributed by atoms with E-state index in [1.807, 2.05) is 6.08 Å². The molecule has 0 amide bonds. The Kier molecular flexibility index (Phi) is 2.56. The van der Waals surface area contributed by atoms with Crippen LogP contribution in [0.1, 0.15) is 33.6 Å². The summed E-state index contributed by atoms with van der Waals surface area (Å²) in [5.41, 5.74) is 3.28. The van der Waals surface area contributed by atoms with Gasteiger partial charge in [0.15, 0.2) is 0 Å². The predicted molar refractivity (Wildman–Crippen MR) is 55.1 cm³/mol. The molecular formula is C12H18. The molecule has 12 heavy (non-hydrogen) atoms. The van der Waals surface area contributed by atoms with Gasteiger partial charge in [-0.3, -0.25) is 0 Å². The van der Waals surface area contributed by atoms with E-state index in [9.17, 15) is 0 Å². The summed E-state index contributed by atoms with van der Waals surface area (Å²) in [6.45, 7) is 10.5. The summed E-state index contributed by atoms with van der Waals surface area (Å²) in [6, 6.07) is 0. The number of allylic oxidation sites excluding steroid dienone is 5. The molecule has 66 valence electrons. The summed E-state index contributed by atoms with van der Waals surface area (Å²) in [7, 11) is 0. The third kappa shape index (κ3) is 2.10. The SMILES string of the molecule is C=CCC1=CC(C(C)(C)C)=CC1. The van der Waals surface area contributed by atoms with E-state index in [1.165, 1.54) is 11.1 Å². The second-order valence-electron chi connectivity index (χ2n) is 4.41. The van der Waals surface area contributed by atoms with Gasteiger partial charge in [0.2, 0.25) is 0 Å². The van der Waals surface area contributed by atoms with Gasteiger partial charge in [-0.1, -0.05) is 44.6 Å². The molecule has 0 aliphatic heterocycles. The molecule has 0 saturated heterocycles. The second-order valence-corrected chi connectivity index (χ2v) is 4.41. The summed E-state index contributed by atoms with van der Waals surface area (Å²) >= 11 is 0. The quantitative estimate of drug-likeness (QED) is 0.541. The van der Waals surface area contributed by atoms with Crippen LogP contribution in [0.5, 0.6) is 0 Å². The summed E-state index contributed by atoms with van der Waals surface area (Å²) in [6.07, 6.45) is 8.79. The minimum absolute atomic E-state index is 0.308. The molecule has 0 spiro atoms. The normalized spacial score (nSPS) is 17.2. The average Bonchev–Trinajstić information content (AvgIpc) is 2.35. The minimum atomic E-state index is 0.308. The first-order chi connectivity index (χ1) is 5.54. The molecule has 0 fully saturated rings. The van der Waals surface area contributed by atoms with Gasteiger partial charge in [0.05, 0.1) is 0 Å². The Morgan fingerprint density at radius 1 is 1.50 bits per heavy atom. The Balaban J connectivity index is 2.67. The average molecular weight is 162 g/mol. The molecule has 1 aliphatic rings. The van der Waals surface area contributed by atoms with E-state index in [1.54, 1.807) is 0 Å². The minimum Gasteiger partial charge on any atom is -0.103 e. The van der Waals surface area contributed by atoms with Crippen LogP contribution < -0.4 is 0 Å². The maximum atomic E-state index is 3.75. The van der Waals surface area contributed by atoms with E-state index < -0.39 is 0 Å². The Labute approximate surface area is 75.7 Å². The van der Waals surface area contributed by atoms with E-state index in [-0.39, 0.29) is 0 Å². The topological polar surface area (TPSA) is 0 Å². The highest BCUT2D eigenvalue weighted by Crippen LogP contribution is 2.33. The monoisotopic (exact) mass is 162 g/mol. The van der Waals surface area contributed by atoms with Crippen molar-refractivity contribution in [1.82, 2.24) is 0 Å². The molecule has 0 nitrogen and oxygen atoms in total. The van der Waals surface area contributed by atoms with Crippen molar-refractivity contribution in [3.8, 4) is 0 Å². The van der Waals surface area contributed by atoms with Crippen molar-refractivity contribution in [3.05, 3.63) is 36.0 Å². The van der Waals surface area contributed by atoms with Gasteiger partial charge in [0.1, 0.15) is 0 Å². The maximum Gasteiger partial charge on any atom is -0.0126 e. The molecule has 0 aromatic rings. The van der Waals surface area contributed by atoms with Gasteiger partial charge >= 0.3 is 0 Å². The molecule has 0 aromatic heterocycles. The van der Waals surface area contributed by atoms with Gasteiger partial charge in [-0.25, -0.2) is 0 Å². The highest BCUT2D eigenvalue weighted by molar-refractivity contribution is 5.36. The van der Waals surface area contributed by atoms with Crippen molar-refractivity contribution in [2.24, 2.45) is 5.41 Å². The van der Waals surface area contributed by atoms with Crippen molar-refractivity contribution in [3.63, 3.8) is 0 Å². The first kappa shape index (κ1) is 9.31. The van der Waals surface area contributed by atoms with E-state index in [0.29, 0.717) is 5.41 Å². The fourth-order valence-electron chi connectivity index (χ4n) is 1.43. The Hall–Kier alpha value is -0.780. The van der Waals surface area contributed by atoms with Crippen LogP contribution in [0.4, 0.5) is 0 Å². The molecular weight excluding hydrogens is 144 g/mol. The zero-order valence-corrected chi connectivity index (χ0v) is 8.35. The van der Waals surface area contributed by atoms with Gasteiger partial charge < -0.3 is 0 Å².